The first kappa shape index (κ1) is 136. The Morgan fingerprint density at radius 1 is 0.359 bits per heavy atom. The van der Waals surface area contributed by atoms with Crippen LogP contribution in [0.2, 0.25) is 0 Å². The third-order valence-corrected chi connectivity index (χ3v) is 19.9. The van der Waals surface area contributed by atoms with Crippen LogP contribution >= 0.6 is 111 Å². The van der Waals surface area contributed by atoms with E-state index < -0.39 is 283 Å². The number of hydrogen-bond donors (Lipinski definition) is 27. The first-order valence-electron chi connectivity index (χ1n) is 43.1. The van der Waals surface area contributed by atoms with Crippen LogP contribution in [-0.4, -0.2) is 296 Å². The minimum absolute atomic E-state index is 0. The normalized spacial score (nSPS) is 17.5. The van der Waals surface area contributed by atoms with Crippen molar-refractivity contribution in [3.05, 3.63) is 70.4 Å². The van der Waals surface area contributed by atoms with Gasteiger partial charge in [-0.05, 0) is 106 Å². The van der Waals surface area contributed by atoms with E-state index in [-0.39, 0.29) is 237 Å². The number of esters is 9. The number of phenolic OH excluding ortho intramolecular Hbond substituents is 1. The van der Waals surface area contributed by atoms with Crippen molar-refractivity contribution >= 4 is 247 Å². The van der Waals surface area contributed by atoms with Crippen molar-refractivity contribution in [1.82, 2.24) is 53.2 Å². The Balaban J connectivity index is -0.0000252. The maximum Gasteiger partial charge on any atom is 0.331 e. The second-order valence-electron chi connectivity index (χ2n) is 30.3. The standard InChI is InChI=1S/C82H119N27O27S.8ClH/c1-123-60(121)40-127-65-72(135-58(119)16-8-30-107-81(95)96)68(131-54(115)12-4-26-103-77(87)88)62(69(132-55(116)13-5-27-104-78(89)90)73(65)136-59(120)17-9-31-108-82(97)98)124-34-32-99-51(112)39-126-64-70(133-56(117)14-6-28-105-79(91)92)66(129-52(113)10-2-24-101-75(83)84)63(67(130-53(114)11-3-25-102-76(85)86)71(64)134-57(118)15-7-29-106-80(93)94)125-35-33-100-74(122)48-36-42(109-41-137)18-21-45(48)61-46-22-19-43(110)37-49(46)128-50-38-44(111)20-23-47(50)61;;;;;;;;/h18-23,36-38,62-73,110H,2-17,24-35,39-40H2,1H3,(H,99,112)(H,100,122)(H4,83,84,101)(H4,85,86,102)(H4,87,88,103)(H4,89,90,104)(H4,91,92,105)(H4,93,94,106)(H4,95,96,107)(H4,97,98,108);8*1H/t62?,63?,64?,65?,66-,67+,68-,69+,70-,71+,72-,73+;;;;;;;;. The summed E-state index contributed by atoms with van der Waals surface area (Å²) in [6.45, 7) is -5.73. The number of thiocarbonyl (C=S) groups is 1. The van der Waals surface area contributed by atoms with E-state index in [2.05, 4.69) is 63.3 Å². The third-order valence-electron chi connectivity index (χ3n) is 19.8. The Kier molecular flexibility index (Phi) is 68.1. The number of ether oxygens (including phenoxy) is 13. The summed E-state index contributed by atoms with van der Waals surface area (Å²) in [5, 5.41) is 100. The number of hydrogen-bond acceptors (Lipinski definition) is 37. The van der Waals surface area contributed by atoms with Gasteiger partial charge >= 0.3 is 53.7 Å². The molecule has 63 heteroatoms. The molecule has 4 unspecified atom stereocenters. The van der Waals surface area contributed by atoms with Gasteiger partial charge in [-0.2, -0.15) is 4.99 Å². The lowest BCUT2D eigenvalue weighted by Gasteiger charge is -2.48. The van der Waals surface area contributed by atoms with Crippen molar-refractivity contribution in [2.45, 2.75) is 176 Å². The molecule has 6 rings (SSSR count). The molecule has 2 saturated carbocycles. The molecule has 0 aromatic heterocycles. The number of carbonyl (C=O) groups excluding carboxylic acids is 11. The van der Waals surface area contributed by atoms with E-state index in [1.165, 1.54) is 54.6 Å². The van der Waals surface area contributed by atoms with Gasteiger partial charge in [-0.3, -0.25) is 96.0 Å². The molecule has 145 heavy (non-hydrogen) atoms. The summed E-state index contributed by atoms with van der Waals surface area (Å²) in [5.74, 6) is -15.9. The van der Waals surface area contributed by atoms with Crippen molar-refractivity contribution in [1.29, 1.82) is 43.3 Å². The highest BCUT2D eigenvalue weighted by atomic mass is 35.5. The summed E-state index contributed by atoms with van der Waals surface area (Å²) >= 11 is 4.94. The molecule has 0 spiro atoms. The number of amides is 2. The summed E-state index contributed by atoms with van der Waals surface area (Å²) in [4.78, 5) is 176. The van der Waals surface area contributed by atoms with E-state index in [1.54, 1.807) is 0 Å². The van der Waals surface area contributed by atoms with Crippen LogP contribution in [0.1, 0.15) is 113 Å². The fraction of sp³-hybridized carbons (Fsp3) is 0.524. The summed E-state index contributed by atoms with van der Waals surface area (Å²) < 4.78 is 86.2. The molecule has 4 aliphatic rings. The minimum Gasteiger partial charge on any atom is -0.508 e. The maximum atomic E-state index is 15.1. The second-order valence-corrected chi connectivity index (χ2v) is 30.5. The van der Waals surface area contributed by atoms with E-state index in [0.29, 0.717) is 16.5 Å². The lowest BCUT2D eigenvalue weighted by Crippen LogP contribution is -2.69. The average molecular weight is 2240 g/mol. The fourth-order valence-corrected chi connectivity index (χ4v) is 14.0. The summed E-state index contributed by atoms with van der Waals surface area (Å²) in [6, 6.07) is 12.6. The van der Waals surface area contributed by atoms with E-state index in [0.717, 1.165) is 7.11 Å². The molecule has 0 bridgehead atoms. The molecule has 12 atom stereocenters. The molecule has 3 aliphatic carbocycles. The molecule has 1 aliphatic heterocycles. The van der Waals surface area contributed by atoms with Gasteiger partial charge in [0, 0.05) is 151 Å². The lowest BCUT2D eigenvalue weighted by molar-refractivity contribution is -0.267. The summed E-state index contributed by atoms with van der Waals surface area (Å²) in [6.07, 6.45) is -30.0. The number of aliphatic imine (C=N–C) groups is 1. The van der Waals surface area contributed by atoms with Crippen LogP contribution < -0.4 is 104 Å². The number of nitrogens with zero attached hydrogens (tertiary/aromatic N) is 1. The highest BCUT2D eigenvalue weighted by Gasteiger charge is 2.61. The maximum absolute atomic E-state index is 15.1. The van der Waals surface area contributed by atoms with Crippen molar-refractivity contribution in [3.63, 3.8) is 0 Å². The number of nitrogens with one attached hydrogen (secondary N) is 18. The van der Waals surface area contributed by atoms with Crippen LogP contribution in [0.5, 0.6) is 5.75 Å². The third kappa shape index (κ3) is 49.1. The first-order valence-corrected chi connectivity index (χ1v) is 43.5. The van der Waals surface area contributed by atoms with Crippen LogP contribution in [0.4, 0.5) is 5.69 Å². The average Bonchev–Trinajstić information content (AvgIpc) is 0.752. The number of halogens is 8. The van der Waals surface area contributed by atoms with Gasteiger partial charge in [-0.25, -0.2) is 4.79 Å². The quantitative estimate of drug-likeness (QED) is 0.00497. The Bertz CT molecular complexity index is 4870. The predicted octanol–water partition coefficient (Wildman–Crippen LogP) is -0.633. The Labute approximate surface area is 885 Å². The summed E-state index contributed by atoms with van der Waals surface area (Å²) in [5.41, 5.74) is 44.9. The number of rotatable bonds is 57. The van der Waals surface area contributed by atoms with Crippen LogP contribution in [0.15, 0.2) is 68.8 Å². The van der Waals surface area contributed by atoms with Crippen LogP contribution in [0, 0.1) is 43.3 Å². The molecule has 2 fully saturated rings. The number of benzene rings is 3. The van der Waals surface area contributed by atoms with Gasteiger partial charge < -0.3 is 170 Å². The molecule has 814 valence electrons. The molecule has 35 N–H and O–H groups in total. The van der Waals surface area contributed by atoms with Crippen molar-refractivity contribution in [3.8, 4) is 28.2 Å². The van der Waals surface area contributed by atoms with Crippen molar-refractivity contribution < 1.29 is 124 Å². The molecule has 1 heterocycles. The second kappa shape index (κ2) is 72.5. The number of phenols is 1. The monoisotopic (exact) mass is 2230 g/mol. The van der Waals surface area contributed by atoms with E-state index in [1.807, 2.05) is 0 Å². The van der Waals surface area contributed by atoms with Gasteiger partial charge in [0.15, 0.2) is 102 Å². The van der Waals surface area contributed by atoms with Crippen LogP contribution in [0.3, 0.4) is 0 Å². The number of guanidine groups is 8. The molecule has 0 radical (unpaired) electrons. The van der Waals surface area contributed by atoms with Gasteiger partial charge in [0.2, 0.25) is 5.91 Å². The predicted molar refractivity (Wildman–Crippen MR) is 547 cm³/mol. The zero-order valence-electron chi connectivity index (χ0n) is 78.1. The molecular formula is C82H127Cl8N27O27S. The van der Waals surface area contributed by atoms with E-state index in [4.69, 9.17) is 167 Å². The largest absolute Gasteiger partial charge is 0.508 e. The highest BCUT2D eigenvalue weighted by molar-refractivity contribution is 7.78. The van der Waals surface area contributed by atoms with Crippen LogP contribution in [0.25, 0.3) is 33.4 Å². The molecule has 2 aromatic carbocycles. The molecule has 2 aromatic rings. The Morgan fingerprint density at radius 2 is 0.648 bits per heavy atom. The smallest absolute Gasteiger partial charge is 0.331 e. The zero-order valence-corrected chi connectivity index (χ0v) is 85.5. The number of methoxy groups -OCH3 is 1. The van der Waals surface area contributed by atoms with Crippen molar-refractivity contribution in [2.75, 3.05) is 99.0 Å². The molecule has 0 saturated heterocycles. The number of fused-ring (bicyclic) bond motifs is 2. The highest BCUT2D eigenvalue weighted by Crippen LogP contribution is 2.44. The number of carbonyl (C=O) groups is 11. The van der Waals surface area contributed by atoms with Gasteiger partial charge in [-0.1, -0.05) is 6.07 Å². The summed E-state index contributed by atoms with van der Waals surface area (Å²) in [7, 11) is 0.987. The molecular weight excluding hydrogens is 2110 g/mol. The van der Waals surface area contributed by atoms with E-state index in [9.17, 15) is 57.8 Å². The molecule has 2 amide bonds. The fourth-order valence-electron chi connectivity index (χ4n) is 13.9. The van der Waals surface area contributed by atoms with Gasteiger partial charge in [0.25, 0.3) is 5.91 Å². The number of isothiocyanates is 1. The Hall–Kier alpha value is -12.8. The van der Waals surface area contributed by atoms with Crippen molar-refractivity contribution in [2.24, 2.45) is 50.9 Å². The SMILES string of the molecule is COC(=O)COC1[C@@H](OC(=O)CCCNC(=N)N)[C@H](OC(=O)CCCNC(=N)N)C(OCCNC(=O)COC2[C@@H](OC(=O)CCCNC(=N)N)[C@H](OC(=O)CCCNC(=N)N)C(OCCNC(=O)c3cc(N=C=S)ccc3-c3c4ccc(=O)cc-4oc4cc(O)ccc34)[C@H](OC(=O)CCCNC(=N)N)[C@H]2OC(=O)CCCNC(=N)N)[C@H](OC(=O)CCCNC(=N)N)[C@H]1OC(=O)CCCNC(=N)N.Cl.Cl.Cl.Cl.Cl.Cl.Cl.Cl. The molecule has 54 nitrogen and oxygen atoms in total. The van der Waals surface area contributed by atoms with Gasteiger partial charge in [-0.15, -0.1) is 99.3 Å². The number of aromatic hydroxyl groups is 1. The topological polar surface area (TPSA) is 890 Å². The van der Waals surface area contributed by atoms with E-state index >= 15 is 4.79 Å². The zero-order chi connectivity index (χ0) is 101. The van der Waals surface area contributed by atoms with Gasteiger partial charge in [0.05, 0.1) is 31.2 Å². The minimum atomic E-state index is -2.17. The Morgan fingerprint density at radius 3 is 0.945 bits per heavy atom. The van der Waals surface area contributed by atoms with Crippen LogP contribution in [-0.2, 0) is 110 Å². The number of nitrogens with two attached hydrogens (primary N) is 8. The van der Waals surface area contributed by atoms with Gasteiger partial charge in [0.1, 0.15) is 54.7 Å². The lowest BCUT2D eigenvalue weighted by atomic mass is 9.83. The first-order chi connectivity index (χ1) is 65.4.